The van der Waals surface area contributed by atoms with Crippen molar-refractivity contribution < 1.29 is 18.7 Å². The lowest BCUT2D eigenvalue weighted by Gasteiger charge is -2.07. The first-order chi connectivity index (χ1) is 9.54. The van der Waals surface area contributed by atoms with Gasteiger partial charge >= 0.3 is 5.97 Å². The van der Waals surface area contributed by atoms with E-state index in [1.807, 2.05) is 0 Å². The summed E-state index contributed by atoms with van der Waals surface area (Å²) in [7, 11) is 1.23. The van der Waals surface area contributed by atoms with Crippen molar-refractivity contribution in [2.45, 2.75) is 0 Å². The highest BCUT2D eigenvalue weighted by Crippen LogP contribution is 2.20. The van der Waals surface area contributed by atoms with Crippen molar-refractivity contribution in [2.24, 2.45) is 0 Å². The number of benzene rings is 2. The molecule has 0 heterocycles. The zero-order valence-electron chi connectivity index (χ0n) is 10.5. The van der Waals surface area contributed by atoms with E-state index in [9.17, 15) is 14.0 Å². The largest absolute Gasteiger partial charge is 0.465 e. The van der Waals surface area contributed by atoms with Crippen LogP contribution < -0.4 is 0 Å². The molecule has 102 valence electrons. The van der Waals surface area contributed by atoms with Gasteiger partial charge in [-0.15, -0.1) is 0 Å². The van der Waals surface area contributed by atoms with Gasteiger partial charge in [0.15, 0.2) is 5.78 Å². The highest BCUT2D eigenvalue weighted by atomic mass is 35.5. The number of halogens is 2. The molecule has 0 aliphatic rings. The third-order valence-corrected chi connectivity index (χ3v) is 3.07. The lowest BCUT2D eigenvalue weighted by Crippen LogP contribution is -2.11. The highest BCUT2D eigenvalue weighted by Gasteiger charge is 2.19. The molecule has 0 aromatic heterocycles. The Balaban J connectivity index is 2.48. The summed E-state index contributed by atoms with van der Waals surface area (Å²) in [5.74, 6) is -1.78. The molecule has 2 rings (SSSR count). The smallest absolute Gasteiger partial charge is 0.338 e. The molecule has 0 atom stereocenters. The van der Waals surface area contributed by atoms with Crippen LogP contribution in [-0.2, 0) is 4.74 Å². The molecule has 0 aliphatic heterocycles. The summed E-state index contributed by atoms with van der Waals surface area (Å²) >= 11 is 5.58. The molecule has 0 bridgehead atoms. The standard InChI is InChI=1S/C15H10ClFO3/c1-20-15(19)11-5-3-2-4-10(11)14(18)9-6-7-12(16)13(17)8-9/h2-8H,1H3. The first-order valence-corrected chi connectivity index (χ1v) is 6.09. The van der Waals surface area contributed by atoms with Gasteiger partial charge in [0.2, 0.25) is 0 Å². The van der Waals surface area contributed by atoms with Gasteiger partial charge in [0.25, 0.3) is 0 Å². The van der Waals surface area contributed by atoms with Crippen LogP contribution in [0.25, 0.3) is 0 Å². The molecule has 5 heteroatoms. The van der Waals surface area contributed by atoms with Gasteiger partial charge in [-0.25, -0.2) is 9.18 Å². The van der Waals surface area contributed by atoms with E-state index in [4.69, 9.17) is 11.6 Å². The van der Waals surface area contributed by atoms with Gasteiger partial charge in [0, 0.05) is 11.1 Å². The number of ether oxygens (including phenoxy) is 1. The first-order valence-electron chi connectivity index (χ1n) is 5.71. The van der Waals surface area contributed by atoms with Gasteiger partial charge in [-0.2, -0.15) is 0 Å². The molecule has 0 N–H and O–H groups in total. The van der Waals surface area contributed by atoms with Crippen molar-refractivity contribution in [3.63, 3.8) is 0 Å². The predicted molar refractivity (Wildman–Crippen MR) is 72.6 cm³/mol. The molecule has 0 aliphatic carbocycles. The van der Waals surface area contributed by atoms with Crippen LogP contribution in [0, 0.1) is 5.82 Å². The predicted octanol–water partition coefficient (Wildman–Crippen LogP) is 3.50. The second kappa shape index (κ2) is 5.84. The number of rotatable bonds is 3. The molecule has 0 unspecified atom stereocenters. The summed E-state index contributed by atoms with van der Waals surface area (Å²) in [6.45, 7) is 0. The second-order valence-electron chi connectivity index (χ2n) is 4.00. The van der Waals surface area contributed by atoms with E-state index in [0.717, 1.165) is 6.07 Å². The molecule has 2 aromatic carbocycles. The number of hydrogen-bond acceptors (Lipinski definition) is 3. The Bertz CT molecular complexity index is 683. The number of esters is 1. The van der Waals surface area contributed by atoms with Gasteiger partial charge in [0.1, 0.15) is 5.82 Å². The highest BCUT2D eigenvalue weighted by molar-refractivity contribution is 6.31. The lowest BCUT2D eigenvalue weighted by molar-refractivity contribution is 0.0597. The fourth-order valence-electron chi connectivity index (χ4n) is 1.76. The summed E-state index contributed by atoms with van der Waals surface area (Å²) < 4.78 is 18.0. The van der Waals surface area contributed by atoms with Gasteiger partial charge in [0.05, 0.1) is 17.7 Å². The fourth-order valence-corrected chi connectivity index (χ4v) is 1.88. The van der Waals surface area contributed by atoms with Crippen molar-refractivity contribution in [3.05, 3.63) is 70.0 Å². The summed E-state index contributed by atoms with van der Waals surface area (Å²) in [5, 5.41) is -0.0668. The lowest BCUT2D eigenvalue weighted by atomic mass is 9.98. The summed E-state index contributed by atoms with van der Waals surface area (Å²) in [6, 6.07) is 9.94. The van der Waals surface area contributed by atoms with Crippen LogP contribution in [0.2, 0.25) is 5.02 Å². The normalized spacial score (nSPS) is 10.2. The second-order valence-corrected chi connectivity index (χ2v) is 4.40. The Morgan fingerprint density at radius 1 is 1.10 bits per heavy atom. The van der Waals surface area contributed by atoms with Crippen molar-refractivity contribution in [3.8, 4) is 0 Å². The fraction of sp³-hybridized carbons (Fsp3) is 0.0667. The Morgan fingerprint density at radius 3 is 2.35 bits per heavy atom. The monoisotopic (exact) mass is 292 g/mol. The Morgan fingerprint density at radius 2 is 1.75 bits per heavy atom. The molecule has 0 saturated carbocycles. The summed E-state index contributed by atoms with van der Waals surface area (Å²) in [5.41, 5.74) is 0.402. The van der Waals surface area contributed by atoms with Crippen molar-refractivity contribution in [2.75, 3.05) is 7.11 Å². The molecule has 0 amide bonds. The van der Waals surface area contributed by atoms with E-state index in [1.54, 1.807) is 12.1 Å². The van der Waals surface area contributed by atoms with Crippen LogP contribution >= 0.6 is 11.6 Å². The number of carbonyl (C=O) groups is 2. The van der Waals surface area contributed by atoms with Crippen LogP contribution in [0.4, 0.5) is 4.39 Å². The third-order valence-electron chi connectivity index (χ3n) is 2.76. The zero-order valence-corrected chi connectivity index (χ0v) is 11.3. The SMILES string of the molecule is COC(=O)c1ccccc1C(=O)c1ccc(Cl)c(F)c1. The molecule has 20 heavy (non-hydrogen) atoms. The van der Waals surface area contributed by atoms with E-state index < -0.39 is 17.6 Å². The van der Waals surface area contributed by atoms with Gasteiger partial charge in [-0.1, -0.05) is 29.8 Å². The first kappa shape index (κ1) is 14.2. The van der Waals surface area contributed by atoms with Crippen LogP contribution in [0.15, 0.2) is 42.5 Å². The van der Waals surface area contributed by atoms with Crippen molar-refractivity contribution in [1.29, 1.82) is 0 Å². The Labute approximate surface area is 119 Å². The average Bonchev–Trinajstić information content (AvgIpc) is 2.48. The molecular formula is C15H10ClFO3. The van der Waals surface area contributed by atoms with Gasteiger partial charge in [-0.05, 0) is 24.3 Å². The van der Waals surface area contributed by atoms with E-state index in [2.05, 4.69) is 4.74 Å². The maximum atomic E-state index is 13.4. The van der Waals surface area contributed by atoms with Crippen LogP contribution in [0.3, 0.4) is 0 Å². The van der Waals surface area contributed by atoms with Crippen LogP contribution in [0.5, 0.6) is 0 Å². The Kier molecular flexibility index (Phi) is 4.15. The Hall–Kier alpha value is -2.20. The number of carbonyl (C=O) groups excluding carboxylic acids is 2. The minimum absolute atomic E-state index is 0.0668. The molecule has 0 saturated heterocycles. The van der Waals surface area contributed by atoms with Gasteiger partial charge in [-0.3, -0.25) is 4.79 Å². The molecule has 3 nitrogen and oxygen atoms in total. The molecule has 2 aromatic rings. The van der Waals surface area contributed by atoms with Crippen LogP contribution in [-0.4, -0.2) is 18.9 Å². The quantitative estimate of drug-likeness (QED) is 0.642. The minimum Gasteiger partial charge on any atom is -0.465 e. The minimum atomic E-state index is -0.687. The van der Waals surface area contributed by atoms with Crippen molar-refractivity contribution >= 4 is 23.4 Å². The zero-order chi connectivity index (χ0) is 14.7. The maximum Gasteiger partial charge on any atom is 0.338 e. The number of methoxy groups -OCH3 is 1. The van der Waals surface area contributed by atoms with E-state index in [0.29, 0.717) is 0 Å². The molecule has 0 radical (unpaired) electrons. The van der Waals surface area contributed by atoms with Crippen molar-refractivity contribution in [1.82, 2.24) is 0 Å². The molecular weight excluding hydrogens is 283 g/mol. The topological polar surface area (TPSA) is 43.4 Å². The summed E-state index contributed by atoms with van der Waals surface area (Å²) in [6.07, 6.45) is 0. The average molecular weight is 293 g/mol. The number of ketones is 1. The third kappa shape index (κ3) is 2.70. The van der Waals surface area contributed by atoms with E-state index in [-0.39, 0.29) is 21.7 Å². The van der Waals surface area contributed by atoms with Crippen LogP contribution in [0.1, 0.15) is 26.3 Å². The van der Waals surface area contributed by atoms with E-state index >= 15 is 0 Å². The maximum absolute atomic E-state index is 13.4. The molecule has 0 fully saturated rings. The number of hydrogen-bond donors (Lipinski definition) is 0. The summed E-state index contributed by atoms with van der Waals surface area (Å²) in [4.78, 5) is 24.0. The molecule has 0 spiro atoms. The van der Waals surface area contributed by atoms with E-state index in [1.165, 1.54) is 31.4 Å². The van der Waals surface area contributed by atoms with Gasteiger partial charge < -0.3 is 4.74 Å².